The van der Waals surface area contributed by atoms with Crippen molar-refractivity contribution in [1.82, 2.24) is 10.0 Å². The van der Waals surface area contributed by atoms with Crippen molar-refractivity contribution in [3.63, 3.8) is 0 Å². The quantitative estimate of drug-likeness (QED) is 0.394. The first kappa shape index (κ1) is 27.2. The van der Waals surface area contributed by atoms with Crippen LogP contribution in [0.3, 0.4) is 0 Å². The first-order valence-electron chi connectivity index (χ1n) is 11.2. The zero-order valence-corrected chi connectivity index (χ0v) is 20.9. The minimum Gasteiger partial charge on any atom is -0.493 e. The van der Waals surface area contributed by atoms with Gasteiger partial charge in [0.1, 0.15) is 18.4 Å². The normalized spacial score (nSPS) is 12.5. The topological polar surface area (TPSA) is 103 Å². The summed E-state index contributed by atoms with van der Waals surface area (Å²) in [6.07, 6.45) is 3.89. The monoisotopic (exact) mass is 490 g/mol. The molecule has 0 spiro atoms. The fourth-order valence-corrected chi connectivity index (χ4v) is 3.93. The molecule has 2 aromatic carbocycles. The van der Waals surface area contributed by atoms with Crippen molar-refractivity contribution in [3.8, 4) is 17.2 Å². The fourth-order valence-electron chi connectivity index (χ4n) is 3.00. The number of hydrogen-bond donors (Lipinski definition) is 2. The molecule has 1 atom stereocenters. The standard InChI is InChI=1S/C25H34N2O6S/c1-5-34(29,30)27-24(19(2)3)25(28)26-15-14-20-12-13-22(23(18-20)31-4)33-17-9-16-32-21-10-7-6-8-11-21/h6-13,16,18-19,24,27H,5,14-15,17H2,1-4H3,(H,26,28)/t24-/m0/s1. The maximum Gasteiger partial charge on any atom is 0.238 e. The van der Waals surface area contributed by atoms with Crippen LogP contribution in [-0.2, 0) is 21.2 Å². The number of carbonyl (C=O) groups excluding carboxylic acids is 1. The fraction of sp³-hybridized carbons (Fsp3) is 0.400. The summed E-state index contributed by atoms with van der Waals surface area (Å²) in [5.41, 5.74) is 0.947. The van der Waals surface area contributed by atoms with Gasteiger partial charge in [0.2, 0.25) is 15.9 Å². The molecule has 9 heteroatoms. The van der Waals surface area contributed by atoms with Crippen LogP contribution in [0, 0.1) is 5.92 Å². The van der Waals surface area contributed by atoms with E-state index in [0.717, 1.165) is 11.3 Å². The molecule has 186 valence electrons. The SMILES string of the molecule is CCS(=O)(=O)N[C@H](C(=O)NCCc1ccc(OCC=COc2ccccc2)c(OC)c1)C(C)C. The number of para-hydroxylation sites is 1. The first-order chi connectivity index (χ1) is 16.3. The molecule has 2 aromatic rings. The summed E-state index contributed by atoms with van der Waals surface area (Å²) in [4.78, 5) is 12.5. The Morgan fingerprint density at radius 3 is 2.47 bits per heavy atom. The summed E-state index contributed by atoms with van der Waals surface area (Å²) in [6, 6.07) is 14.2. The first-order valence-corrected chi connectivity index (χ1v) is 12.8. The van der Waals surface area contributed by atoms with Gasteiger partial charge in [0, 0.05) is 6.54 Å². The molecule has 0 aliphatic carbocycles. The van der Waals surface area contributed by atoms with E-state index in [9.17, 15) is 13.2 Å². The molecule has 2 rings (SSSR count). The molecule has 1 amide bonds. The summed E-state index contributed by atoms with van der Waals surface area (Å²) in [5, 5.41) is 2.81. The summed E-state index contributed by atoms with van der Waals surface area (Å²) >= 11 is 0. The molecule has 0 saturated heterocycles. The van der Waals surface area contributed by atoms with Crippen LogP contribution in [0.4, 0.5) is 0 Å². The van der Waals surface area contributed by atoms with Gasteiger partial charge in [0.15, 0.2) is 11.5 Å². The number of benzene rings is 2. The van der Waals surface area contributed by atoms with Gasteiger partial charge in [-0.15, -0.1) is 0 Å². The lowest BCUT2D eigenvalue weighted by Crippen LogP contribution is -2.50. The summed E-state index contributed by atoms with van der Waals surface area (Å²) in [7, 11) is -1.91. The van der Waals surface area contributed by atoms with E-state index in [1.165, 1.54) is 6.92 Å². The molecule has 8 nitrogen and oxygen atoms in total. The van der Waals surface area contributed by atoms with Crippen LogP contribution >= 0.6 is 0 Å². The van der Waals surface area contributed by atoms with E-state index in [0.29, 0.717) is 31.1 Å². The molecule has 0 heterocycles. The van der Waals surface area contributed by atoms with E-state index in [1.807, 2.05) is 48.5 Å². The number of nitrogens with one attached hydrogen (secondary N) is 2. The highest BCUT2D eigenvalue weighted by molar-refractivity contribution is 7.89. The molecule has 34 heavy (non-hydrogen) atoms. The summed E-state index contributed by atoms with van der Waals surface area (Å²) in [5.74, 6) is 1.32. The lowest BCUT2D eigenvalue weighted by atomic mass is 10.0. The van der Waals surface area contributed by atoms with Crippen molar-refractivity contribution in [2.45, 2.75) is 33.2 Å². The lowest BCUT2D eigenvalue weighted by Gasteiger charge is -2.21. The molecule has 0 bridgehead atoms. The Hall–Kier alpha value is -3.04. The van der Waals surface area contributed by atoms with Crippen molar-refractivity contribution in [1.29, 1.82) is 0 Å². The van der Waals surface area contributed by atoms with Crippen molar-refractivity contribution in [2.24, 2.45) is 5.92 Å². The Morgan fingerprint density at radius 2 is 1.82 bits per heavy atom. The molecule has 0 aliphatic rings. The smallest absolute Gasteiger partial charge is 0.238 e. The number of carbonyl (C=O) groups is 1. The molecular weight excluding hydrogens is 456 g/mol. The average molecular weight is 491 g/mol. The van der Waals surface area contributed by atoms with Gasteiger partial charge in [-0.05, 0) is 55.2 Å². The second kappa shape index (κ2) is 13.6. The number of rotatable bonds is 14. The van der Waals surface area contributed by atoms with E-state index in [4.69, 9.17) is 14.2 Å². The van der Waals surface area contributed by atoms with Crippen molar-refractivity contribution in [3.05, 3.63) is 66.4 Å². The number of hydrogen-bond acceptors (Lipinski definition) is 6. The number of amides is 1. The predicted octanol–water partition coefficient (Wildman–Crippen LogP) is 3.29. The summed E-state index contributed by atoms with van der Waals surface area (Å²) in [6.45, 7) is 5.80. The molecule has 0 fully saturated rings. The molecule has 0 unspecified atom stereocenters. The Balaban J connectivity index is 1.85. The minimum absolute atomic E-state index is 0.0758. The van der Waals surface area contributed by atoms with Crippen LogP contribution in [0.2, 0.25) is 0 Å². The van der Waals surface area contributed by atoms with Crippen LogP contribution in [0.25, 0.3) is 0 Å². The van der Waals surface area contributed by atoms with Gasteiger partial charge in [0.05, 0.1) is 19.1 Å². The van der Waals surface area contributed by atoms with Crippen LogP contribution < -0.4 is 24.2 Å². The zero-order valence-electron chi connectivity index (χ0n) is 20.1. The predicted molar refractivity (Wildman–Crippen MR) is 133 cm³/mol. The highest BCUT2D eigenvalue weighted by Crippen LogP contribution is 2.28. The van der Waals surface area contributed by atoms with E-state index in [1.54, 1.807) is 33.3 Å². The number of sulfonamides is 1. The van der Waals surface area contributed by atoms with E-state index >= 15 is 0 Å². The highest BCUT2D eigenvalue weighted by Gasteiger charge is 2.26. The minimum atomic E-state index is -3.48. The van der Waals surface area contributed by atoms with Crippen molar-refractivity contribution in [2.75, 3.05) is 26.0 Å². The highest BCUT2D eigenvalue weighted by atomic mass is 32.2. The third kappa shape index (κ3) is 9.07. The maximum absolute atomic E-state index is 12.5. The Bertz CT molecular complexity index is 1040. The Kier molecular flexibility index (Phi) is 10.9. The van der Waals surface area contributed by atoms with Crippen LogP contribution in [-0.4, -0.2) is 46.4 Å². The van der Waals surface area contributed by atoms with Gasteiger partial charge in [-0.2, -0.15) is 0 Å². The molecular formula is C25H34N2O6S. The average Bonchev–Trinajstić information content (AvgIpc) is 2.83. The molecule has 0 saturated carbocycles. The van der Waals surface area contributed by atoms with Gasteiger partial charge in [-0.1, -0.05) is 38.1 Å². The zero-order chi connectivity index (χ0) is 25.0. The van der Waals surface area contributed by atoms with Crippen LogP contribution in [0.1, 0.15) is 26.3 Å². The van der Waals surface area contributed by atoms with Gasteiger partial charge in [-0.25, -0.2) is 13.1 Å². The second-order valence-electron chi connectivity index (χ2n) is 7.88. The van der Waals surface area contributed by atoms with Gasteiger partial charge < -0.3 is 19.5 Å². The van der Waals surface area contributed by atoms with Crippen LogP contribution in [0.5, 0.6) is 17.2 Å². The molecule has 0 radical (unpaired) electrons. The summed E-state index contributed by atoms with van der Waals surface area (Å²) < 4.78 is 42.9. The lowest BCUT2D eigenvalue weighted by molar-refractivity contribution is -0.123. The third-order valence-electron chi connectivity index (χ3n) is 4.96. The Morgan fingerprint density at radius 1 is 1.09 bits per heavy atom. The van der Waals surface area contributed by atoms with Crippen LogP contribution in [0.15, 0.2) is 60.9 Å². The van der Waals surface area contributed by atoms with Gasteiger partial charge in [-0.3, -0.25) is 4.79 Å². The van der Waals surface area contributed by atoms with Gasteiger partial charge >= 0.3 is 0 Å². The van der Waals surface area contributed by atoms with E-state index < -0.39 is 16.1 Å². The van der Waals surface area contributed by atoms with Gasteiger partial charge in [0.25, 0.3) is 0 Å². The third-order valence-corrected chi connectivity index (χ3v) is 6.33. The van der Waals surface area contributed by atoms with E-state index in [2.05, 4.69) is 10.0 Å². The van der Waals surface area contributed by atoms with Crippen molar-refractivity contribution < 1.29 is 27.4 Å². The van der Waals surface area contributed by atoms with Crippen molar-refractivity contribution >= 4 is 15.9 Å². The number of ether oxygens (including phenoxy) is 3. The molecule has 2 N–H and O–H groups in total. The Labute approximate surface area is 202 Å². The maximum atomic E-state index is 12.5. The largest absolute Gasteiger partial charge is 0.493 e. The number of methoxy groups -OCH3 is 1. The van der Waals surface area contributed by atoms with E-state index in [-0.39, 0.29) is 17.6 Å². The molecule has 0 aromatic heterocycles. The molecule has 0 aliphatic heterocycles. The second-order valence-corrected chi connectivity index (χ2v) is 9.93.